The van der Waals surface area contributed by atoms with Crippen LogP contribution in [0.2, 0.25) is 0 Å². The second kappa shape index (κ2) is 9.91. The van der Waals surface area contributed by atoms with E-state index >= 15 is 0 Å². The number of nitrogens with one attached hydrogen (secondary N) is 1. The lowest BCUT2D eigenvalue weighted by Gasteiger charge is -2.33. The van der Waals surface area contributed by atoms with Crippen LogP contribution in [0.4, 0.5) is 24.5 Å². The molecule has 3 aromatic carbocycles. The molecule has 4 aromatic rings. The summed E-state index contributed by atoms with van der Waals surface area (Å²) in [5, 5.41) is 1.61. The number of carbonyl (C=O) groups is 2. The summed E-state index contributed by atoms with van der Waals surface area (Å²) in [6.45, 7) is 1.47. The number of fused-ring (bicyclic) bond motifs is 2. The Morgan fingerprint density at radius 1 is 0.974 bits per heavy atom. The summed E-state index contributed by atoms with van der Waals surface area (Å²) < 4.78 is 53.8. The van der Waals surface area contributed by atoms with E-state index in [4.69, 9.17) is 9.47 Å². The number of carbonyl (C=O) groups excluding carboxylic acids is 2. The van der Waals surface area contributed by atoms with Gasteiger partial charge in [-0.2, -0.15) is 0 Å². The van der Waals surface area contributed by atoms with Crippen LogP contribution >= 0.6 is 0 Å². The molecule has 6 rings (SSSR count). The predicted octanol–water partition coefficient (Wildman–Crippen LogP) is 4.23. The quantitative estimate of drug-likeness (QED) is 0.395. The Balaban J connectivity index is 1.48. The van der Waals surface area contributed by atoms with Gasteiger partial charge in [-0.15, -0.1) is 0 Å². The lowest BCUT2D eigenvalue weighted by Crippen LogP contribution is -2.51. The normalized spacial score (nSPS) is 15.2. The minimum absolute atomic E-state index is 0.157. The van der Waals surface area contributed by atoms with Gasteiger partial charge in [0.15, 0.2) is 18.2 Å². The van der Waals surface area contributed by atoms with Gasteiger partial charge in [0.2, 0.25) is 0 Å². The molecular formula is C28H21F3N4O4. The molecule has 1 aromatic heterocycles. The van der Waals surface area contributed by atoms with Crippen molar-refractivity contribution in [3.63, 3.8) is 0 Å². The first kappa shape index (κ1) is 24.7. The number of hydrazine groups is 1. The number of ether oxygens (including phenoxy) is 2. The molecule has 1 N–H and O–H groups in total. The van der Waals surface area contributed by atoms with E-state index in [1.165, 1.54) is 12.3 Å². The van der Waals surface area contributed by atoms with Crippen molar-refractivity contribution in [2.75, 3.05) is 42.8 Å². The van der Waals surface area contributed by atoms with Gasteiger partial charge in [-0.3, -0.25) is 20.0 Å². The van der Waals surface area contributed by atoms with Crippen LogP contribution in [0.25, 0.3) is 22.0 Å². The number of hydrogen-bond donors (Lipinski definition) is 1. The monoisotopic (exact) mass is 534 g/mol. The van der Waals surface area contributed by atoms with E-state index in [0.717, 1.165) is 11.1 Å². The van der Waals surface area contributed by atoms with Crippen LogP contribution in [-0.4, -0.2) is 49.7 Å². The van der Waals surface area contributed by atoms with E-state index in [0.29, 0.717) is 54.9 Å². The first-order valence-electron chi connectivity index (χ1n) is 12.2. The average molecular weight is 534 g/mol. The molecule has 0 spiro atoms. The topological polar surface area (TPSA) is 84.0 Å². The molecule has 1 saturated heterocycles. The summed E-state index contributed by atoms with van der Waals surface area (Å²) in [5.41, 5.74) is 3.82. The van der Waals surface area contributed by atoms with Gasteiger partial charge in [0, 0.05) is 41.9 Å². The molecular weight excluding hydrogens is 513 g/mol. The summed E-state index contributed by atoms with van der Waals surface area (Å²) in [7, 11) is 0. The van der Waals surface area contributed by atoms with Crippen LogP contribution < -0.4 is 20.1 Å². The third-order valence-corrected chi connectivity index (χ3v) is 6.64. The highest BCUT2D eigenvalue weighted by molar-refractivity contribution is 6.12. The molecule has 8 nitrogen and oxygen atoms in total. The number of nitrogens with zero attached hydrogens (tertiary/aromatic N) is 3. The summed E-state index contributed by atoms with van der Waals surface area (Å²) in [5.74, 6) is -4.08. The summed E-state index contributed by atoms with van der Waals surface area (Å²) in [4.78, 5) is 32.7. The molecule has 3 heterocycles. The van der Waals surface area contributed by atoms with Gasteiger partial charge in [-0.1, -0.05) is 30.3 Å². The SMILES string of the molecule is O=C(NN1C(=O)COc2ccccc21)c1cnc2c(-c3cc(F)cc(F)c3F)cccc2c1N1CCOCC1. The Morgan fingerprint density at radius 2 is 1.77 bits per heavy atom. The van der Waals surface area contributed by atoms with Gasteiger partial charge in [-0.05, 0) is 18.2 Å². The number of halogens is 3. The molecule has 198 valence electrons. The van der Waals surface area contributed by atoms with Gasteiger partial charge < -0.3 is 14.4 Å². The van der Waals surface area contributed by atoms with Crippen LogP contribution in [0.3, 0.4) is 0 Å². The number of rotatable bonds is 4. The number of para-hydroxylation sites is 3. The van der Waals surface area contributed by atoms with Crippen molar-refractivity contribution in [2.45, 2.75) is 0 Å². The van der Waals surface area contributed by atoms with E-state index in [2.05, 4.69) is 10.4 Å². The fraction of sp³-hybridized carbons (Fsp3) is 0.179. The number of morpholine rings is 1. The zero-order valence-electron chi connectivity index (χ0n) is 20.4. The van der Waals surface area contributed by atoms with Gasteiger partial charge in [0.1, 0.15) is 17.3 Å². The van der Waals surface area contributed by atoms with Crippen LogP contribution in [0.15, 0.2) is 60.8 Å². The van der Waals surface area contributed by atoms with Crippen molar-refractivity contribution < 1.29 is 32.2 Å². The Hall–Kier alpha value is -4.64. The van der Waals surface area contributed by atoms with E-state index in [-0.39, 0.29) is 28.8 Å². The summed E-state index contributed by atoms with van der Waals surface area (Å²) >= 11 is 0. The Kier molecular flexibility index (Phi) is 6.27. The number of pyridine rings is 1. The highest BCUT2D eigenvalue weighted by atomic mass is 19.2. The Labute approximate surface area is 220 Å². The van der Waals surface area contributed by atoms with E-state index in [9.17, 15) is 22.8 Å². The van der Waals surface area contributed by atoms with Gasteiger partial charge in [-0.25, -0.2) is 18.2 Å². The molecule has 2 aliphatic rings. The largest absolute Gasteiger partial charge is 0.481 e. The predicted molar refractivity (Wildman–Crippen MR) is 137 cm³/mol. The van der Waals surface area contributed by atoms with Crippen molar-refractivity contribution in [2.24, 2.45) is 0 Å². The molecule has 0 aliphatic carbocycles. The molecule has 1 fully saturated rings. The lowest BCUT2D eigenvalue weighted by molar-refractivity contribution is -0.121. The smallest absolute Gasteiger partial charge is 0.283 e. The van der Waals surface area contributed by atoms with Crippen molar-refractivity contribution in [3.05, 3.63) is 83.8 Å². The van der Waals surface area contributed by atoms with Crippen molar-refractivity contribution >= 4 is 34.1 Å². The molecule has 0 atom stereocenters. The summed E-state index contributed by atoms with van der Waals surface area (Å²) in [6, 6.07) is 13.0. The first-order chi connectivity index (χ1) is 18.9. The van der Waals surface area contributed by atoms with Crippen LogP contribution in [-0.2, 0) is 9.53 Å². The molecule has 0 unspecified atom stereocenters. The zero-order chi connectivity index (χ0) is 27.1. The second-order valence-electron chi connectivity index (χ2n) is 9.00. The fourth-order valence-electron chi connectivity index (χ4n) is 4.86. The first-order valence-corrected chi connectivity index (χ1v) is 12.2. The van der Waals surface area contributed by atoms with Gasteiger partial charge in [0.25, 0.3) is 11.8 Å². The molecule has 0 saturated carbocycles. The number of anilines is 2. The second-order valence-corrected chi connectivity index (χ2v) is 9.00. The number of aromatic nitrogens is 1. The average Bonchev–Trinajstić information content (AvgIpc) is 2.96. The maximum Gasteiger partial charge on any atom is 0.283 e. The Morgan fingerprint density at radius 3 is 2.59 bits per heavy atom. The Bertz CT molecular complexity index is 1620. The maximum atomic E-state index is 14.8. The molecule has 11 heteroatoms. The number of hydrogen-bond acceptors (Lipinski definition) is 6. The maximum absolute atomic E-state index is 14.8. The molecule has 0 bridgehead atoms. The third-order valence-electron chi connectivity index (χ3n) is 6.64. The van der Waals surface area contributed by atoms with E-state index in [1.54, 1.807) is 36.4 Å². The minimum Gasteiger partial charge on any atom is -0.481 e. The third kappa shape index (κ3) is 4.40. The van der Waals surface area contributed by atoms with E-state index in [1.807, 2.05) is 4.90 Å². The molecule has 2 amide bonds. The number of benzene rings is 3. The highest BCUT2D eigenvalue weighted by Crippen LogP contribution is 2.37. The minimum atomic E-state index is -1.32. The molecule has 39 heavy (non-hydrogen) atoms. The van der Waals surface area contributed by atoms with Crippen LogP contribution in [0, 0.1) is 17.5 Å². The zero-order valence-corrected chi connectivity index (χ0v) is 20.4. The highest BCUT2D eigenvalue weighted by Gasteiger charge is 2.30. The molecule has 2 aliphatic heterocycles. The summed E-state index contributed by atoms with van der Waals surface area (Å²) in [6.07, 6.45) is 1.32. The van der Waals surface area contributed by atoms with E-state index < -0.39 is 29.3 Å². The number of amides is 2. The van der Waals surface area contributed by atoms with Crippen molar-refractivity contribution in [1.82, 2.24) is 10.4 Å². The van der Waals surface area contributed by atoms with Crippen molar-refractivity contribution in [3.8, 4) is 16.9 Å². The lowest BCUT2D eigenvalue weighted by atomic mass is 9.98. The van der Waals surface area contributed by atoms with Gasteiger partial charge >= 0.3 is 0 Å². The van der Waals surface area contributed by atoms with Crippen LogP contribution in [0.1, 0.15) is 10.4 Å². The fourth-order valence-corrected chi connectivity index (χ4v) is 4.86. The van der Waals surface area contributed by atoms with Gasteiger partial charge in [0.05, 0.1) is 30.0 Å². The molecule has 0 radical (unpaired) electrons. The van der Waals surface area contributed by atoms with Crippen molar-refractivity contribution in [1.29, 1.82) is 0 Å². The van der Waals surface area contributed by atoms with Crippen LogP contribution in [0.5, 0.6) is 5.75 Å². The standard InChI is InChI=1S/C28H21F3N4O4/c29-16-12-19(25(31)21(30)13-16)17-4-3-5-18-26(17)32-14-20(27(18)34-8-10-38-11-9-34)28(37)33-35-22-6-1-2-7-23(22)39-15-24(35)36/h1-7,12-14H,8-11,15H2,(H,33,37).